The standard InChI is InChI=1S/C25H24FN5O4/c26-15-6-12-19(13-7-15)35-25(34)29(16-3-1-4-16)14-2-5-20-27-21-22(28-20)30(17-8-9-17)24(33)31(23(21)32)18-10-11-18/h6-7,12-13,16-18H,1,3-4,8-11,14H2,(H,27,28). The minimum atomic E-state index is -0.546. The summed E-state index contributed by atoms with van der Waals surface area (Å²) in [6.45, 7) is 0.115. The number of carbonyl (C=O) groups excluding carboxylic acids is 1. The summed E-state index contributed by atoms with van der Waals surface area (Å²) in [7, 11) is 0. The molecule has 10 heteroatoms. The summed E-state index contributed by atoms with van der Waals surface area (Å²) in [5, 5.41) is 0. The second-order valence-corrected chi connectivity index (χ2v) is 9.41. The van der Waals surface area contributed by atoms with Crippen molar-refractivity contribution in [3.8, 4) is 17.6 Å². The van der Waals surface area contributed by atoms with Crippen LogP contribution in [0.15, 0.2) is 33.9 Å². The zero-order chi connectivity index (χ0) is 24.1. The fourth-order valence-corrected chi connectivity index (χ4v) is 4.39. The van der Waals surface area contributed by atoms with Gasteiger partial charge in [-0.2, -0.15) is 0 Å². The van der Waals surface area contributed by atoms with Gasteiger partial charge in [-0.1, -0.05) is 5.92 Å². The number of amides is 1. The van der Waals surface area contributed by atoms with Crippen LogP contribution in [0.2, 0.25) is 0 Å². The van der Waals surface area contributed by atoms with E-state index in [9.17, 15) is 18.8 Å². The highest BCUT2D eigenvalue weighted by Crippen LogP contribution is 2.36. The zero-order valence-electron chi connectivity index (χ0n) is 19.0. The van der Waals surface area contributed by atoms with Gasteiger partial charge in [-0.25, -0.2) is 19.0 Å². The minimum absolute atomic E-state index is 0.0266. The monoisotopic (exact) mass is 477 g/mol. The van der Waals surface area contributed by atoms with Crippen molar-refractivity contribution < 1.29 is 13.9 Å². The van der Waals surface area contributed by atoms with Crippen LogP contribution in [0.3, 0.4) is 0 Å². The van der Waals surface area contributed by atoms with Gasteiger partial charge < -0.3 is 9.72 Å². The summed E-state index contributed by atoms with van der Waals surface area (Å²) in [5.74, 6) is 6.00. The molecule has 3 saturated carbocycles. The number of H-pyrrole nitrogens is 1. The summed E-state index contributed by atoms with van der Waals surface area (Å²) in [4.78, 5) is 47.8. The van der Waals surface area contributed by atoms with Crippen LogP contribution in [0.1, 0.15) is 62.9 Å². The Morgan fingerprint density at radius 2 is 1.77 bits per heavy atom. The van der Waals surface area contributed by atoms with Crippen LogP contribution in [0, 0.1) is 17.7 Å². The average molecular weight is 477 g/mol. The molecule has 3 fully saturated rings. The zero-order valence-corrected chi connectivity index (χ0v) is 19.0. The predicted molar refractivity (Wildman–Crippen MR) is 125 cm³/mol. The lowest BCUT2D eigenvalue weighted by molar-refractivity contribution is 0.112. The molecule has 2 heterocycles. The predicted octanol–water partition coefficient (Wildman–Crippen LogP) is 3.10. The van der Waals surface area contributed by atoms with E-state index in [0.717, 1.165) is 44.9 Å². The van der Waals surface area contributed by atoms with Gasteiger partial charge in [0.1, 0.15) is 11.6 Å². The quantitative estimate of drug-likeness (QED) is 0.569. The molecule has 0 spiro atoms. The Labute approximate surface area is 199 Å². The fourth-order valence-electron chi connectivity index (χ4n) is 4.39. The summed E-state index contributed by atoms with van der Waals surface area (Å²) < 4.78 is 21.5. The molecule has 0 saturated heterocycles. The van der Waals surface area contributed by atoms with Crippen molar-refractivity contribution in [2.45, 2.75) is 63.1 Å². The van der Waals surface area contributed by atoms with Crippen molar-refractivity contribution in [3.05, 3.63) is 56.7 Å². The lowest BCUT2D eigenvalue weighted by atomic mass is 9.92. The second kappa shape index (κ2) is 8.41. The number of imidazole rings is 1. The van der Waals surface area contributed by atoms with Crippen LogP contribution >= 0.6 is 0 Å². The van der Waals surface area contributed by atoms with E-state index < -0.39 is 11.9 Å². The van der Waals surface area contributed by atoms with E-state index >= 15 is 0 Å². The number of halogens is 1. The topological polar surface area (TPSA) is 102 Å². The third kappa shape index (κ3) is 4.11. The highest BCUT2D eigenvalue weighted by molar-refractivity contribution is 5.72. The highest BCUT2D eigenvalue weighted by Gasteiger charge is 2.34. The molecule has 0 unspecified atom stereocenters. The molecule has 6 rings (SSSR count). The maximum absolute atomic E-state index is 13.1. The van der Waals surface area contributed by atoms with Crippen LogP contribution in [-0.4, -0.2) is 42.7 Å². The summed E-state index contributed by atoms with van der Waals surface area (Å²) in [6.07, 6.45) is 5.63. The molecule has 1 aromatic carbocycles. The van der Waals surface area contributed by atoms with Gasteiger partial charge in [0.2, 0.25) is 0 Å². The molecule has 9 nitrogen and oxygen atoms in total. The Hall–Kier alpha value is -3.87. The van der Waals surface area contributed by atoms with E-state index in [1.807, 2.05) is 0 Å². The number of carbonyl (C=O) groups is 1. The normalized spacial score (nSPS) is 17.5. The first-order valence-corrected chi connectivity index (χ1v) is 12.0. The number of benzene rings is 1. The Morgan fingerprint density at radius 1 is 1.09 bits per heavy atom. The van der Waals surface area contributed by atoms with E-state index in [1.54, 1.807) is 9.47 Å². The Balaban J connectivity index is 1.26. The number of rotatable bonds is 5. The maximum Gasteiger partial charge on any atom is 0.416 e. The number of nitrogens with zero attached hydrogens (tertiary/aromatic N) is 4. The Bertz CT molecular complexity index is 1480. The number of fused-ring (bicyclic) bond motifs is 1. The molecule has 180 valence electrons. The second-order valence-electron chi connectivity index (χ2n) is 9.41. The van der Waals surface area contributed by atoms with Gasteiger partial charge in [-0.05, 0) is 75.1 Å². The van der Waals surface area contributed by atoms with Crippen LogP contribution in [-0.2, 0) is 0 Å². The molecule has 3 aliphatic rings. The third-order valence-corrected chi connectivity index (χ3v) is 6.81. The SMILES string of the molecule is O=C(Oc1ccc(F)cc1)N(CC#Cc1nc2c([nH]1)c(=O)n(C1CC1)c(=O)n2C1CC1)C1CCC1. The number of aromatic amines is 1. The van der Waals surface area contributed by atoms with Crippen molar-refractivity contribution in [3.63, 3.8) is 0 Å². The molecule has 35 heavy (non-hydrogen) atoms. The first-order valence-electron chi connectivity index (χ1n) is 12.0. The summed E-state index contributed by atoms with van der Waals surface area (Å²) >= 11 is 0. The fraction of sp³-hybridized carbons (Fsp3) is 0.440. The summed E-state index contributed by atoms with van der Waals surface area (Å²) in [6, 6.07) is 5.32. The van der Waals surface area contributed by atoms with Crippen LogP contribution in [0.5, 0.6) is 5.75 Å². The molecule has 2 aromatic heterocycles. The number of ether oxygens (including phenoxy) is 1. The molecular weight excluding hydrogens is 453 g/mol. The van der Waals surface area contributed by atoms with Gasteiger partial charge in [0.25, 0.3) is 5.56 Å². The van der Waals surface area contributed by atoms with E-state index in [4.69, 9.17) is 4.74 Å². The molecule has 3 aromatic rings. The van der Waals surface area contributed by atoms with Crippen molar-refractivity contribution in [1.29, 1.82) is 0 Å². The molecule has 3 aliphatic carbocycles. The molecule has 1 amide bonds. The first kappa shape index (κ1) is 21.6. The lowest BCUT2D eigenvalue weighted by Gasteiger charge is -2.35. The van der Waals surface area contributed by atoms with Crippen molar-refractivity contribution in [2.24, 2.45) is 0 Å². The summed E-state index contributed by atoms with van der Waals surface area (Å²) in [5.41, 5.74) is -0.0170. The maximum atomic E-state index is 13.1. The van der Waals surface area contributed by atoms with Gasteiger partial charge >= 0.3 is 11.8 Å². The number of aromatic nitrogens is 4. The van der Waals surface area contributed by atoms with Gasteiger partial charge in [0, 0.05) is 18.1 Å². The lowest BCUT2D eigenvalue weighted by Crippen LogP contribution is -2.45. The largest absolute Gasteiger partial charge is 0.416 e. The molecule has 1 N–H and O–H groups in total. The number of nitrogens with one attached hydrogen (secondary N) is 1. The highest BCUT2D eigenvalue weighted by atomic mass is 19.1. The van der Waals surface area contributed by atoms with Crippen LogP contribution in [0.25, 0.3) is 11.2 Å². The minimum Gasteiger partial charge on any atom is -0.410 e. The van der Waals surface area contributed by atoms with Crippen molar-refractivity contribution >= 4 is 17.3 Å². The van der Waals surface area contributed by atoms with Gasteiger partial charge in [-0.15, -0.1) is 0 Å². The molecular formula is C25H24FN5O4. The van der Waals surface area contributed by atoms with Gasteiger partial charge in [0.15, 0.2) is 17.0 Å². The molecule has 0 bridgehead atoms. The smallest absolute Gasteiger partial charge is 0.410 e. The van der Waals surface area contributed by atoms with Crippen molar-refractivity contribution in [2.75, 3.05) is 6.54 Å². The number of hydrogen-bond acceptors (Lipinski definition) is 5. The van der Waals surface area contributed by atoms with Crippen molar-refractivity contribution in [1.82, 2.24) is 24.0 Å². The van der Waals surface area contributed by atoms with E-state index in [-0.39, 0.29) is 47.5 Å². The first-order chi connectivity index (χ1) is 17.0. The Morgan fingerprint density at radius 3 is 2.40 bits per heavy atom. The van der Waals surface area contributed by atoms with Crippen LogP contribution in [0.4, 0.5) is 9.18 Å². The molecule has 0 aliphatic heterocycles. The van der Waals surface area contributed by atoms with E-state index in [0.29, 0.717) is 11.2 Å². The van der Waals surface area contributed by atoms with Gasteiger partial charge in [-0.3, -0.25) is 18.8 Å². The number of hydrogen-bond donors (Lipinski definition) is 1. The van der Waals surface area contributed by atoms with E-state index in [2.05, 4.69) is 21.8 Å². The Kier molecular flexibility index (Phi) is 5.20. The molecule has 0 atom stereocenters. The van der Waals surface area contributed by atoms with E-state index in [1.165, 1.54) is 28.8 Å². The molecule has 0 radical (unpaired) electrons. The average Bonchev–Trinajstić information content (AvgIpc) is 3.73. The van der Waals surface area contributed by atoms with Crippen LogP contribution < -0.4 is 16.0 Å². The van der Waals surface area contributed by atoms with Gasteiger partial charge in [0.05, 0.1) is 6.54 Å². The third-order valence-electron chi connectivity index (χ3n) is 6.81.